The number of hydrogen-bond donors (Lipinski definition) is 1. The van der Waals surface area contributed by atoms with E-state index in [-0.39, 0.29) is 41.4 Å². The minimum absolute atomic E-state index is 0.0599. The van der Waals surface area contributed by atoms with Gasteiger partial charge in [0.2, 0.25) is 0 Å². The zero-order chi connectivity index (χ0) is 27.0. The van der Waals surface area contributed by atoms with Gasteiger partial charge in [0.05, 0.1) is 13.2 Å². The molecule has 5 rings (SSSR count). The highest BCUT2D eigenvalue weighted by Gasteiger charge is 2.35. The Morgan fingerprint density at radius 3 is 2.61 bits per heavy atom. The summed E-state index contributed by atoms with van der Waals surface area (Å²) in [4.78, 5) is 28.2. The average molecular weight is 524 g/mol. The van der Waals surface area contributed by atoms with Crippen LogP contribution in [-0.4, -0.2) is 42.3 Å². The molecule has 1 amide bonds. The van der Waals surface area contributed by atoms with E-state index in [1.807, 2.05) is 31.7 Å². The van der Waals surface area contributed by atoms with Crippen molar-refractivity contribution >= 4 is 12.1 Å². The molecule has 2 unspecified atom stereocenters. The van der Waals surface area contributed by atoms with Crippen molar-refractivity contribution in [3.8, 4) is 23.0 Å². The van der Waals surface area contributed by atoms with E-state index in [0.717, 1.165) is 18.4 Å². The molecule has 2 aromatic rings. The van der Waals surface area contributed by atoms with Crippen LogP contribution in [0.1, 0.15) is 79.1 Å². The number of hydrogen-bond acceptors (Lipinski definition) is 7. The summed E-state index contributed by atoms with van der Waals surface area (Å²) in [6.07, 6.45) is 4.03. The van der Waals surface area contributed by atoms with E-state index in [0.29, 0.717) is 48.2 Å². The predicted octanol–water partition coefficient (Wildman–Crippen LogP) is 6.17. The van der Waals surface area contributed by atoms with Gasteiger partial charge in [-0.1, -0.05) is 20.3 Å². The minimum Gasteiger partial charge on any atom is -0.495 e. The molecule has 8 heteroatoms. The molecule has 2 bridgehead atoms. The molecule has 8 nitrogen and oxygen atoms in total. The van der Waals surface area contributed by atoms with Crippen molar-refractivity contribution in [1.29, 1.82) is 0 Å². The number of cyclic esters (lactones) is 1. The van der Waals surface area contributed by atoms with Gasteiger partial charge in [0, 0.05) is 24.2 Å². The number of piperidine rings is 1. The molecule has 1 saturated carbocycles. The summed E-state index contributed by atoms with van der Waals surface area (Å²) in [5.74, 6) is 1.73. The molecule has 1 saturated heterocycles. The molecule has 2 aliphatic heterocycles. The van der Waals surface area contributed by atoms with E-state index in [9.17, 15) is 14.7 Å². The van der Waals surface area contributed by atoms with Crippen LogP contribution in [0.25, 0.3) is 0 Å². The fraction of sp³-hybridized carbons (Fsp3) is 0.533. The summed E-state index contributed by atoms with van der Waals surface area (Å²) < 4.78 is 23.5. The van der Waals surface area contributed by atoms with Crippen molar-refractivity contribution in [2.75, 3.05) is 20.2 Å². The number of amides is 1. The molecule has 38 heavy (non-hydrogen) atoms. The van der Waals surface area contributed by atoms with Gasteiger partial charge in [-0.15, -0.1) is 0 Å². The molecule has 0 radical (unpaired) electrons. The number of aryl methyl sites for hydroxylation is 1. The van der Waals surface area contributed by atoms with Crippen LogP contribution in [0.15, 0.2) is 24.3 Å². The van der Waals surface area contributed by atoms with Gasteiger partial charge in [0.15, 0.2) is 11.5 Å². The Hall–Kier alpha value is -3.26. The highest BCUT2D eigenvalue weighted by Crippen LogP contribution is 2.45. The lowest BCUT2D eigenvalue weighted by molar-refractivity contribution is 0.0452. The van der Waals surface area contributed by atoms with Crippen LogP contribution in [0, 0.1) is 24.7 Å². The van der Waals surface area contributed by atoms with Crippen molar-refractivity contribution in [1.82, 2.24) is 4.90 Å². The third-order valence-electron chi connectivity index (χ3n) is 7.76. The van der Waals surface area contributed by atoms with Gasteiger partial charge in [-0.05, 0) is 80.2 Å². The van der Waals surface area contributed by atoms with Crippen LogP contribution in [-0.2, 0) is 11.3 Å². The number of methoxy groups -OCH3 is 1. The molecule has 0 spiro atoms. The van der Waals surface area contributed by atoms with Gasteiger partial charge in [-0.2, -0.15) is 0 Å². The number of carbonyl (C=O) groups is 2. The lowest BCUT2D eigenvalue weighted by atomic mass is 9.78. The van der Waals surface area contributed by atoms with Crippen molar-refractivity contribution in [3.63, 3.8) is 0 Å². The largest absolute Gasteiger partial charge is 0.495 e. The van der Waals surface area contributed by atoms with E-state index >= 15 is 0 Å². The topological polar surface area (TPSA) is 94.5 Å². The smallest absolute Gasteiger partial charge is 0.415 e. The number of benzene rings is 2. The summed E-state index contributed by atoms with van der Waals surface area (Å²) in [6, 6.07) is 6.95. The van der Waals surface area contributed by atoms with Crippen LogP contribution in [0.5, 0.6) is 23.0 Å². The number of nitrogens with zero attached hydrogens (tertiary/aromatic N) is 1. The van der Waals surface area contributed by atoms with E-state index in [1.54, 1.807) is 18.2 Å². The van der Waals surface area contributed by atoms with Crippen molar-refractivity contribution in [2.24, 2.45) is 17.8 Å². The molecule has 1 aliphatic carbocycles. The van der Waals surface area contributed by atoms with E-state index < -0.39 is 12.1 Å². The number of ether oxygens (including phenoxy) is 4. The van der Waals surface area contributed by atoms with Crippen LogP contribution in [0.2, 0.25) is 0 Å². The van der Waals surface area contributed by atoms with Crippen molar-refractivity contribution < 1.29 is 33.6 Å². The lowest BCUT2D eigenvalue weighted by Crippen LogP contribution is -2.46. The summed E-state index contributed by atoms with van der Waals surface area (Å²) in [5, 5.41) is 10.8. The standard InChI is InChI=1S/C30H37NO7/c1-17(2)10-23(32)22-8-9-24-26(28(22)35-4)29(33)36-16-21-11-18(3)12-25(27(21)37-24)38-30(34)31-14-19-6-5-7-20(13-19)15-31/h8-9,11-12,17,19-20,23,32H,5-7,10,13-16H2,1-4H3/t19?,20?,23-/m0/s1. The molecule has 2 heterocycles. The number of fused-ring (bicyclic) bond motifs is 4. The molecular weight excluding hydrogens is 486 g/mol. The van der Waals surface area contributed by atoms with Gasteiger partial charge in [-0.3, -0.25) is 0 Å². The van der Waals surface area contributed by atoms with E-state index in [2.05, 4.69) is 0 Å². The Balaban J connectivity index is 1.48. The third-order valence-corrected chi connectivity index (χ3v) is 7.76. The van der Waals surface area contributed by atoms with Crippen LogP contribution in [0.3, 0.4) is 0 Å². The number of likely N-dealkylation sites (tertiary alicyclic amines) is 1. The Morgan fingerprint density at radius 1 is 1.18 bits per heavy atom. The maximum absolute atomic E-state index is 13.3. The second kappa shape index (κ2) is 10.8. The average Bonchev–Trinajstić information content (AvgIpc) is 2.86. The first-order valence-corrected chi connectivity index (χ1v) is 13.6. The molecule has 2 aromatic carbocycles. The quantitative estimate of drug-likeness (QED) is 0.469. The Morgan fingerprint density at radius 2 is 1.92 bits per heavy atom. The fourth-order valence-corrected chi connectivity index (χ4v) is 6.09. The predicted molar refractivity (Wildman–Crippen MR) is 141 cm³/mol. The van der Waals surface area contributed by atoms with Gasteiger partial charge in [0.1, 0.15) is 23.7 Å². The highest BCUT2D eigenvalue weighted by atomic mass is 16.6. The lowest BCUT2D eigenvalue weighted by Gasteiger charge is -2.40. The first-order valence-electron chi connectivity index (χ1n) is 13.6. The fourth-order valence-electron chi connectivity index (χ4n) is 6.09. The molecule has 3 atom stereocenters. The van der Waals surface area contributed by atoms with Crippen molar-refractivity contribution in [3.05, 3.63) is 46.5 Å². The van der Waals surface area contributed by atoms with Crippen LogP contribution in [0.4, 0.5) is 4.79 Å². The number of aliphatic hydroxyl groups is 1. The maximum atomic E-state index is 13.3. The van der Waals surface area contributed by atoms with Crippen LogP contribution < -0.4 is 14.2 Å². The van der Waals surface area contributed by atoms with E-state index in [1.165, 1.54) is 20.0 Å². The van der Waals surface area contributed by atoms with Crippen molar-refractivity contribution in [2.45, 2.75) is 65.6 Å². The molecule has 3 aliphatic rings. The molecule has 1 N–H and O–H groups in total. The van der Waals surface area contributed by atoms with Gasteiger partial charge >= 0.3 is 12.1 Å². The minimum atomic E-state index is -0.816. The maximum Gasteiger partial charge on any atom is 0.415 e. The first-order chi connectivity index (χ1) is 18.2. The first kappa shape index (κ1) is 26.4. The Labute approximate surface area is 223 Å². The summed E-state index contributed by atoms with van der Waals surface area (Å²) in [6.45, 7) is 7.28. The zero-order valence-electron chi connectivity index (χ0n) is 22.6. The third kappa shape index (κ3) is 5.32. The second-order valence-electron chi connectivity index (χ2n) is 11.3. The monoisotopic (exact) mass is 523 g/mol. The molecule has 204 valence electrons. The Bertz CT molecular complexity index is 1210. The van der Waals surface area contributed by atoms with Gasteiger partial charge in [-0.25, -0.2) is 9.59 Å². The normalized spacial score (nSPS) is 21.3. The number of esters is 1. The number of carbonyl (C=O) groups excluding carboxylic acids is 2. The number of rotatable bonds is 5. The summed E-state index contributed by atoms with van der Waals surface area (Å²) in [7, 11) is 1.45. The van der Waals surface area contributed by atoms with E-state index in [4.69, 9.17) is 18.9 Å². The molecule has 0 aromatic heterocycles. The van der Waals surface area contributed by atoms with Gasteiger partial charge < -0.3 is 29.0 Å². The second-order valence-corrected chi connectivity index (χ2v) is 11.3. The van der Waals surface area contributed by atoms with Gasteiger partial charge in [0.25, 0.3) is 0 Å². The zero-order valence-corrected chi connectivity index (χ0v) is 22.6. The summed E-state index contributed by atoms with van der Waals surface area (Å²) in [5.41, 5.74) is 2.05. The Kier molecular flexibility index (Phi) is 7.52. The summed E-state index contributed by atoms with van der Waals surface area (Å²) >= 11 is 0. The molecular formula is C30H37NO7. The number of aliphatic hydroxyl groups excluding tert-OH is 1. The highest BCUT2D eigenvalue weighted by molar-refractivity contribution is 5.96. The van der Waals surface area contributed by atoms with Crippen LogP contribution >= 0.6 is 0 Å². The molecule has 2 fully saturated rings. The SMILES string of the molecule is COc1c([C@@H](O)CC(C)C)ccc2c1C(=O)OCc1cc(C)cc(OC(=O)N3CC4CCCC(C4)C3)c1O2.